The molecule has 0 amide bonds. The molecule has 0 rings (SSSR count). The second kappa shape index (κ2) is 6.88. The zero-order valence-electron chi connectivity index (χ0n) is 4.88. The standard InChI is InChI=1S/C4H9ClO3S.Na.H/c5-3-1-2-4-9(6,7)8;;/h1-4H2,(H,6,7,8);;. The number of hydrogen-bond acceptors (Lipinski definition) is 2. The van der Waals surface area contributed by atoms with E-state index >= 15 is 0 Å². The van der Waals surface area contributed by atoms with Crippen LogP contribution in [0.5, 0.6) is 0 Å². The van der Waals surface area contributed by atoms with E-state index in [2.05, 4.69) is 0 Å². The summed E-state index contributed by atoms with van der Waals surface area (Å²) in [6, 6.07) is 0. The molecule has 1 N–H and O–H groups in total. The number of hydrogen-bond donors (Lipinski definition) is 1. The maximum absolute atomic E-state index is 10.0. The molecule has 0 bridgehead atoms. The normalized spacial score (nSPS) is 10.6. The van der Waals surface area contributed by atoms with Gasteiger partial charge in [-0.25, -0.2) is 0 Å². The van der Waals surface area contributed by atoms with Crippen molar-refractivity contribution in [2.24, 2.45) is 0 Å². The van der Waals surface area contributed by atoms with Gasteiger partial charge in [-0.15, -0.1) is 11.6 Å². The van der Waals surface area contributed by atoms with Gasteiger partial charge in [-0.2, -0.15) is 8.42 Å². The minimum atomic E-state index is -3.76. The van der Waals surface area contributed by atoms with Crippen molar-refractivity contribution in [2.45, 2.75) is 12.8 Å². The summed E-state index contributed by atoms with van der Waals surface area (Å²) < 4.78 is 28.2. The molecular formula is C4H10ClNaO3S. The summed E-state index contributed by atoms with van der Waals surface area (Å²) in [5.41, 5.74) is 0. The molecule has 3 nitrogen and oxygen atoms in total. The number of unbranched alkanes of at least 4 members (excludes halogenated alkanes) is 1. The molecule has 0 heterocycles. The third kappa shape index (κ3) is 11.9. The molecule has 0 aliphatic carbocycles. The summed E-state index contributed by atoms with van der Waals surface area (Å²) in [6.07, 6.45) is 1.06. The van der Waals surface area contributed by atoms with Crippen LogP contribution in [0.15, 0.2) is 0 Å². The van der Waals surface area contributed by atoms with Crippen LogP contribution in [0, 0.1) is 0 Å². The molecule has 10 heavy (non-hydrogen) atoms. The summed E-state index contributed by atoms with van der Waals surface area (Å²) >= 11 is 5.25. The molecule has 0 saturated carbocycles. The molecule has 0 unspecified atom stereocenters. The summed E-state index contributed by atoms with van der Waals surface area (Å²) in [5.74, 6) is 0.259. The third-order valence-electron chi connectivity index (χ3n) is 0.786. The van der Waals surface area contributed by atoms with Crippen LogP contribution in [-0.2, 0) is 10.1 Å². The average Bonchev–Trinajstić information content (AvgIpc) is 1.63. The predicted octanol–water partition coefficient (Wildman–Crippen LogP) is 0.245. The van der Waals surface area contributed by atoms with E-state index in [0.717, 1.165) is 0 Å². The van der Waals surface area contributed by atoms with Gasteiger partial charge in [-0.3, -0.25) is 4.55 Å². The van der Waals surface area contributed by atoms with Gasteiger partial charge < -0.3 is 0 Å². The van der Waals surface area contributed by atoms with E-state index in [9.17, 15) is 8.42 Å². The number of alkyl halides is 1. The van der Waals surface area contributed by atoms with Gasteiger partial charge in [0.2, 0.25) is 0 Å². The van der Waals surface area contributed by atoms with Gasteiger partial charge >= 0.3 is 29.6 Å². The zero-order valence-corrected chi connectivity index (χ0v) is 6.45. The molecule has 0 atom stereocenters. The Kier molecular flexibility index (Phi) is 9.48. The molecule has 6 heteroatoms. The molecule has 0 aromatic carbocycles. The van der Waals surface area contributed by atoms with Gasteiger partial charge in [0.1, 0.15) is 0 Å². The van der Waals surface area contributed by atoms with E-state index in [1.54, 1.807) is 0 Å². The van der Waals surface area contributed by atoms with Crippen molar-refractivity contribution >= 4 is 51.3 Å². The molecule has 0 spiro atoms. The third-order valence-corrected chi connectivity index (χ3v) is 1.86. The molecule has 0 fully saturated rings. The molecule has 0 aliphatic rings. The summed E-state index contributed by atoms with van der Waals surface area (Å²) in [5, 5.41) is 0. The van der Waals surface area contributed by atoms with Crippen molar-refractivity contribution in [1.29, 1.82) is 0 Å². The van der Waals surface area contributed by atoms with Gasteiger partial charge in [0.05, 0.1) is 5.75 Å². The summed E-state index contributed by atoms with van der Waals surface area (Å²) in [4.78, 5) is 0. The molecular weight excluding hydrogens is 187 g/mol. The van der Waals surface area contributed by atoms with Gasteiger partial charge in [0, 0.05) is 5.88 Å². The first kappa shape index (κ1) is 13.8. The fourth-order valence-corrected chi connectivity index (χ4v) is 1.14. The Bertz CT molecular complexity index is 156. The first-order valence-electron chi connectivity index (χ1n) is 2.57. The number of halogens is 1. The predicted molar refractivity (Wildman–Crippen MR) is 43.5 cm³/mol. The SMILES string of the molecule is O=S(=O)(O)CCCCCl.[NaH]. The first-order valence-corrected chi connectivity index (χ1v) is 4.72. The first-order chi connectivity index (χ1) is 4.06. The van der Waals surface area contributed by atoms with Crippen LogP contribution in [0.3, 0.4) is 0 Å². The van der Waals surface area contributed by atoms with Crippen LogP contribution in [0.25, 0.3) is 0 Å². The van der Waals surface area contributed by atoms with Gasteiger partial charge in [-0.05, 0) is 12.8 Å². The number of rotatable bonds is 4. The van der Waals surface area contributed by atoms with Gasteiger partial charge in [0.25, 0.3) is 10.1 Å². The van der Waals surface area contributed by atoms with Crippen molar-refractivity contribution in [3.05, 3.63) is 0 Å². The van der Waals surface area contributed by atoms with Crippen LogP contribution >= 0.6 is 11.6 Å². The van der Waals surface area contributed by atoms with Crippen molar-refractivity contribution in [2.75, 3.05) is 11.6 Å². The van der Waals surface area contributed by atoms with E-state index in [-0.39, 0.29) is 35.3 Å². The molecule has 0 saturated heterocycles. The Labute approximate surface area is 88.2 Å². The second-order valence-corrected chi connectivity index (χ2v) is 3.63. The van der Waals surface area contributed by atoms with Crippen LogP contribution in [0.2, 0.25) is 0 Å². The Hall–Kier alpha value is 1.20. The average molecular weight is 197 g/mol. The van der Waals surface area contributed by atoms with Crippen molar-refractivity contribution in [1.82, 2.24) is 0 Å². The van der Waals surface area contributed by atoms with Crippen LogP contribution in [0.4, 0.5) is 0 Å². The monoisotopic (exact) mass is 196 g/mol. The van der Waals surface area contributed by atoms with Gasteiger partial charge in [-0.1, -0.05) is 0 Å². The van der Waals surface area contributed by atoms with Crippen LogP contribution in [0.1, 0.15) is 12.8 Å². The van der Waals surface area contributed by atoms with Crippen molar-refractivity contribution in [3.63, 3.8) is 0 Å². The fourth-order valence-electron chi connectivity index (χ4n) is 0.379. The van der Waals surface area contributed by atoms with E-state index in [1.165, 1.54) is 0 Å². The van der Waals surface area contributed by atoms with E-state index < -0.39 is 10.1 Å². The van der Waals surface area contributed by atoms with E-state index in [1.807, 2.05) is 0 Å². The van der Waals surface area contributed by atoms with Crippen molar-refractivity contribution in [3.8, 4) is 0 Å². The minimum absolute atomic E-state index is 0. The Morgan fingerprint density at radius 1 is 1.30 bits per heavy atom. The van der Waals surface area contributed by atoms with Gasteiger partial charge in [0.15, 0.2) is 0 Å². The molecule has 0 aromatic heterocycles. The Balaban J connectivity index is 0. The van der Waals surface area contributed by atoms with E-state index in [0.29, 0.717) is 18.7 Å². The molecule has 58 valence electrons. The Morgan fingerprint density at radius 3 is 2.10 bits per heavy atom. The second-order valence-electron chi connectivity index (χ2n) is 1.68. The van der Waals surface area contributed by atoms with Crippen LogP contribution < -0.4 is 0 Å². The maximum atomic E-state index is 10.0. The summed E-state index contributed by atoms with van der Waals surface area (Å²) in [7, 11) is -3.76. The molecule has 0 aromatic rings. The zero-order chi connectivity index (χ0) is 7.33. The molecule has 0 aliphatic heterocycles. The topological polar surface area (TPSA) is 54.4 Å². The quantitative estimate of drug-likeness (QED) is 0.304. The van der Waals surface area contributed by atoms with Crippen molar-refractivity contribution < 1.29 is 13.0 Å². The van der Waals surface area contributed by atoms with Crippen LogP contribution in [-0.4, -0.2) is 54.2 Å². The summed E-state index contributed by atoms with van der Waals surface area (Å²) in [6.45, 7) is 0. The molecule has 0 radical (unpaired) electrons. The fraction of sp³-hybridized carbons (Fsp3) is 1.00. The Morgan fingerprint density at radius 2 is 1.80 bits per heavy atom. The van der Waals surface area contributed by atoms with E-state index in [4.69, 9.17) is 16.2 Å².